The second-order valence-corrected chi connectivity index (χ2v) is 5.14. The smallest absolute Gasteiger partial charge is 0.338 e. The van der Waals surface area contributed by atoms with E-state index in [0.717, 1.165) is 21.7 Å². The lowest BCUT2D eigenvalue weighted by atomic mass is 9.93. The third-order valence-electron chi connectivity index (χ3n) is 3.71. The van der Waals surface area contributed by atoms with Crippen LogP contribution in [0.25, 0.3) is 21.5 Å². The summed E-state index contributed by atoms with van der Waals surface area (Å²) in [5.41, 5.74) is 2.94. The minimum absolute atomic E-state index is 0.285. The van der Waals surface area contributed by atoms with Crippen LogP contribution in [0.5, 0.6) is 0 Å². The van der Waals surface area contributed by atoms with Crippen molar-refractivity contribution in [1.82, 2.24) is 0 Å². The Hall–Kier alpha value is -2.35. The molecule has 3 aromatic rings. The van der Waals surface area contributed by atoms with Gasteiger partial charge in [-0.3, -0.25) is 0 Å². The Bertz CT molecular complexity index is 832. The van der Waals surface area contributed by atoms with Crippen molar-refractivity contribution in [2.75, 3.05) is 7.11 Å². The molecule has 0 atom stereocenters. The predicted molar refractivity (Wildman–Crippen MR) is 82.3 cm³/mol. The molecule has 0 bridgehead atoms. The van der Waals surface area contributed by atoms with E-state index in [9.17, 15) is 4.79 Å². The average molecular weight is 264 g/mol. The summed E-state index contributed by atoms with van der Waals surface area (Å²) in [6.45, 7) is 4.11. The molecule has 0 aromatic heterocycles. The summed E-state index contributed by atoms with van der Waals surface area (Å²) in [5.74, 6) is -0.285. The number of benzene rings is 3. The molecule has 0 amide bonds. The highest BCUT2D eigenvalue weighted by molar-refractivity contribution is 6.17. The minimum Gasteiger partial charge on any atom is -0.465 e. The summed E-state index contributed by atoms with van der Waals surface area (Å²) in [6, 6.07) is 14.3. The highest BCUT2D eigenvalue weighted by Gasteiger charge is 2.15. The van der Waals surface area contributed by atoms with Gasteiger partial charge in [-0.25, -0.2) is 4.79 Å². The first-order chi connectivity index (χ1) is 9.61. The van der Waals surface area contributed by atoms with Crippen molar-refractivity contribution in [3.8, 4) is 0 Å². The molecule has 0 heterocycles. The molecule has 0 aliphatic rings. The fourth-order valence-corrected chi connectivity index (χ4v) is 2.90. The van der Waals surface area contributed by atoms with Gasteiger partial charge in [-0.05, 0) is 47.0 Å². The van der Waals surface area contributed by atoms with Gasteiger partial charge in [-0.15, -0.1) is 0 Å². The zero-order valence-electron chi connectivity index (χ0n) is 11.9. The van der Waals surface area contributed by atoms with Crippen LogP contribution in [0.3, 0.4) is 0 Å². The normalized spacial score (nSPS) is 10.9. The summed E-state index contributed by atoms with van der Waals surface area (Å²) >= 11 is 0. The Morgan fingerprint density at radius 2 is 1.75 bits per heavy atom. The summed E-state index contributed by atoms with van der Waals surface area (Å²) in [7, 11) is 1.42. The Morgan fingerprint density at radius 3 is 2.50 bits per heavy atom. The van der Waals surface area contributed by atoms with Gasteiger partial charge < -0.3 is 4.74 Å². The SMILES string of the molecule is COC(=O)c1cc2ccccc2c2cc(C)cc(C)c12. The van der Waals surface area contributed by atoms with Gasteiger partial charge in [0.05, 0.1) is 12.7 Å². The third kappa shape index (κ3) is 1.85. The van der Waals surface area contributed by atoms with Crippen molar-refractivity contribution in [3.05, 3.63) is 59.2 Å². The topological polar surface area (TPSA) is 26.3 Å². The molecule has 20 heavy (non-hydrogen) atoms. The van der Waals surface area contributed by atoms with E-state index in [1.165, 1.54) is 18.1 Å². The number of hydrogen-bond acceptors (Lipinski definition) is 2. The third-order valence-corrected chi connectivity index (χ3v) is 3.71. The Kier molecular flexibility index (Phi) is 2.94. The van der Waals surface area contributed by atoms with Gasteiger partial charge in [0.2, 0.25) is 0 Å². The van der Waals surface area contributed by atoms with Crippen molar-refractivity contribution in [2.45, 2.75) is 13.8 Å². The molecule has 0 saturated carbocycles. The summed E-state index contributed by atoms with van der Waals surface area (Å²) in [5, 5.41) is 4.33. The van der Waals surface area contributed by atoms with E-state index in [1.54, 1.807) is 0 Å². The molecule has 100 valence electrons. The van der Waals surface area contributed by atoms with Crippen LogP contribution in [0.4, 0.5) is 0 Å². The van der Waals surface area contributed by atoms with Crippen molar-refractivity contribution in [2.24, 2.45) is 0 Å². The fourth-order valence-electron chi connectivity index (χ4n) is 2.90. The van der Waals surface area contributed by atoms with E-state index >= 15 is 0 Å². The van der Waals surface area contributed by atoms with Crippen LogP contribution in [0.1, 0.15) is 21.5 Å². The molecule has 0 saturated heterocycles. The molecule has 0 spiro atoms. The monoisotopic (exact) mass is 264 g/mol. The van der Waals surface area contributed by atoms with Crippen molar-refractivity contribution >= 4 is 27.5 Å². The van der Waals surface area contributed by atoms with Crippen molar-refractivity contribution in [3.63, 3.8) is 0 Å². The van der Waals surface area contributed by atoms with E-state index in [-0.39, 0.29) is 5.97 Å². The van der Waals surface area contributed by atoms with E-state index in [2.05, 4.69) is 25.1 Å². The first-order valence-electron chi connectivity index (χ1n) is 6.63. The first kappa shape index (κ1) is 12.7. The number of aryl methyl sites for hydroxylation is 2. The molecule has 3 rings (SSSR count). The number of hydrogen-bond donors (Lipinski definition) is 0. The van der Waals surface area contributed by atoms with Crippen LogP contribution >= 0.6 is 0 Å². The number of methoxy groups -OCH3 is 1. The van der Waals surface area contributed by atoms with Gasteiger partial charge >= 0.3 is 5.97 Å². The molecule has 0 N–H and O–H groups in total. The maximum atomic E-state index is 12.1. The number of fused-ring (bicyclic) bond motifs is 3. The Balaban J connectivity index is 2.57. The number of rotatable bonds is 1. The van der Waals surface area contributed by atoms with Crippen LogP contribution in [-0.2, 0) is 4.74 Å². The van der Waals surface area contributed by atoms with E-state index in [1.807, 2.05) is 31.2 Å². The summed E-state index contributed by atoms with van der Waals surface area (Å²) in [6.07, 6.45) is 0. The lowest BCUT2D eigenvalue weighted by Crippen LogP contribution is -2.03. The largest absolute Gasteiger partial charge is 0.465 e. The lowest BCUT2D eigenvalue weighted by Gasteiger charge is -2.12. The van der Waals surface area contributed by atoms with Crippen LogP contribution in [0.2, 0.25) is 0 Å². The first-order valence-corrected chi connectivity index (χ1v) is 6.63. The number of carbonyl (C=O) groups is 1. The number of carbonyl (C=O) groups excluding carboxylic acids is 1. The fraction of sp³-hybridized carbons (Fsp3) is 0.167. The maximum absolute atomic E-state index is 12.1. The average Bonchev–Trinajstić information content (AvgIpc) is 2.45. The second kappa shape index (κ2) is 4.64. The molecule has 0 aliphatic heterocycles. The van der Waals surface area contributed by atoms with Crippen molar-refractivity contribution in [1.29, 1.82) is 0 Å². The quantitative estimate of drug-likeness (QED) is 0.481. The molecule has 0 radical (unpaired) electrons. The second-order valence-electron chi connectivity index (χ2n) is 5.14. The van der Waals surface area contributed by atoms with Gasteiger partial charge in [0, 0.05) is 0 Å². The highest BCUT2D eigenvalue weighted by Crippen LogP contribution is 2.32. The minimum atomic E-state index is -0.285. The summed E-state index contributed by atoms with van der Waals surface area (Å²) < 4.78 is 4.94. The number of esters is 1. The molecular weight excluding hydrogens is 248 g/mol. The molecule has 0 unspecified atom stereocenters. The molecule has 3 aromatic carbocycles. The molecular formula is C18H16O2. The van der Waals surface area contributed by atoms with E-state index in [0.29, 0.717) is 5.56 Å². The van der Waals surface area contributed by atoms with Crippen LogP contribution in [0, 0.1) is 13.8 Å². The Morgan fingerprint density at radius 1 is 1.00 bits per heavy atom. The zero-order valence-corrected chi connectivity index (χ0v) is 11.9. The highest BCUT2D eigenvalue weighted by atomic mass is 16.5. The Labute approximate surface area is 118 Å². The van der Waals surface area contributed by atoms with Gasteiger partial charge in [-0.1, -0.05) is 42.0 Å². The number of ether oxygens (including phenoxy) is 1. The predicted octanol–water partition coefficient (Wildman–Crippen LogP) is 4.40. The summed E-state index contributed by atoms with van der Waals surface area (Å²) in [4.78, 5) is 12.1. The van der Waals surface area contributed by atoms with E-state index < -0.39 is 0 Å². The van der Waals surface area contributed by atoms with Crippen molar-refractivity contribution < 1.29 is 9.53 Å². The standard InChI is InChI=1S/C18H16O2/c1-11-8-12(2)17-15(9-11)14-7-5-4-6-13(14)10-16(17)18(19)20-3/h4-10H,1-3H3. The van der Waals surface area contributed by atoms with Crippen LogP contribution in [0.15, 0.2) is 42.5 Å². The molecule has 2 nitrogen and oxygen atoms in total. The van der Waals surface area contributed by atoms with E-state index in [4.69, 9.17) is 4.74 Å². The molecule has 0 fully saturated rings. The van der Waals surface area contributed by atoms with Gasteiger partial charge in [0.15, 0.2) is 0 Å². The lowest BCUT2D eigenvalue weighted by molar-refractivity contribution is 0.0603. The maximum Gasteiger partial charge on any atom is 0.338 e. The molecule has 0 aliphatic carbocycles. The van der Waals surface area contributed by atoms with Gasteiger partial charge in [0.1, 0.15) is 0 Å². The zero-order chi connectivity index (χ0) is 14.3. The van der Waals surface area contributed by atoms with Gasteiger partial charge in [0.25, 0.3) is 0 Å². The molecule has 2 heteroatoms. The van der Waals surface area contributed by atoms with Crippen LogP contribution < -0.4 is 0 Å². The van der Waals surface area contributed by atoms with Crippen LogP contribution in [-0.4, -0.2) is 13.1 Å². The van der Waals surface area contributed by atoms with Gasteiger partial charge in [-0.2, -0.15) is 0 Å².